The number of nitrogens with zero attached hydrogens (tertiary/aromatic N) is 6. The number of piperazine rings is 1. The molecule has 10 nitrogen and oxygen atoms in total. The molecule has 0 bridgehead atoms. The lowest BCUT2D eigenvalue weighted by molar-refractivity contribution is -0.384. The van der Waals surface area contributed by atoms with Gasteiger partial charge in [0.1, 0.15) is 0 Å². The Morgan fingerprint density at radius 3 is 2.71 bits per heavy atom. The topological polar surface area (TPSA) is 131 Å². The number of thioether (sulfide) groups is 1. The standard InChI is InChI=1S/C15H15N7O3S3/c16-13-18-19-15(28-13)26-8-12(23)20-3-5-21(6-4-20)14-17-10-2-1-9(22(24)25)7-11(10)27-14/h1-2,7H,3-6,8H2,(H2,16,18). The van der Waals surface area contributed by atoms with Crippen LogP contribution in [-0.2, 0) is 4.79 Å². The number of nitrogen functional groups attached to an aromatic ring is 1. The SMILES string of the molecule is Nc1nnc(SCC(=O)N2CCN(c3nc4ccc([N+](=O)[O-])cc4s3)CC2)s1. The zero-order valence-corrected chi connectivity index (χ0v) is 16.9. The maximum atomic E-state index is 12.4. The van der Waals surface area contributed by atoms with Gasteiger partial charge < -0.3 is 15.5 Å². The summed E-state index contributed by atoms with van der Waals surface area (Å²) in [5.41, 5.74) is 6.35. The number of fused-ring (bicyclic) bond motifs is 1. The molecule has 28 heavy (non-hydrogen) atoms. The van der Waals surface area contributed by atoms with Crippen LogP contribution >= 0.6 is 34.4 Å². The minimum Gasteiger partial charge on any atom is -0.374 e. The number of hydrogen-bond acceptors (Lipinski definition) is 11. The maximum Gasteiger partial charge on any atom is 0.270 e. The Morgan fingerprint density at radius 2 is 2.04 bits per heavy atom. The second-order valence-electron chi connectivity index (χ2n) is 5.97. The molecule has 0 spiro atoms. The van der Waals surface area contributed by atoms with E-state index in [-0.39, 0.29) is 11.6 Å². The molecular weight excluding hydrogens is 422 g/mol. The number of thiazole rings is 1. The number of amides is 1. The van der Waals surface area contributed by atoms with Gasteiger partial charge in [-0.15, -0.1) is 10.2 Å². The van der Waals surface area contributed by atoms with Crippen LogP contribution in [0.3, 0.4) is 0 Å². The Bertz CT molecular complexity index is 1030. The Morgan fingerprint density at radius 1 is 1.25 bits per heavy atom. The molecule has 4 rings (SSSR count). The fourth-order valence-electron chi connectivity index (χ4n) is 2.79. The number of non-ortho nitro benzene ring substituents is 1. The predicted molar refractivity (Wildman–Crippen MR) is 110 cm³/mol. The van der Waals surface area contributed by atoms with Crippen molar-refractivity contribution in [2.24, 2.45) is 0 Å². The van der Waals surface area contributed by atoms with Gasteiger partial charge in [-0.3, -0.25) is 14.9 Å². The number of carbonyl (C=O) groups excluding carboxylic acids is 1. The minimum absolute atomic E-state index is 0.0540. The van der Waals surface area contributed by atoms with Gasteiger partial charge in [0, 0.05) is 38.3 Å². The molecule has 13 heteroatoms. The smallest absolute Gasteiger partial charge is 0.270 e. The van der Waals surface area contributed by atoms with Gasteiger partial charge in [-0.1, -0.05) is 34.4 Å². The molecule has 1 aromatic carbocycles. The van der Waals surface area contributed by atoms with Crippen molar-refractivity contribution in [2.75, 3.05) is 42.6 Å². The lowest BCUT2D eigenvalue weighted by atomic mass is 10.3. The van der Waals surface area contributed by atoms with Gasteiger partial charge in [-0.2, -0.15) is 0 Å². The van der Waals surface area contributed by atoms with Gasteiger partial charge in [0.05, 0.1) is 20.9 Å². The van der Waals surface area contributed by atoms with E-state index in [0.29, 0.717) is 41.4 Å². The van der Waals surface area contributed by atoms with Crippen molar-refractivity contribution in [2.45, 2.75) is 4.34 Å². The van der Waals surface area contributed by atoms with E-state index < -0.39 is 4.92 Å². The van der Waals surface area contributed by atoms with Crippen LogP contribution < -0.4 is 10.6 Å². The van der Waals surface area contributed by atoms with Gasteiger partial charge in [0.15, 0.2) is 9.47 Å². The fourth-order valence-corrected chi connectivity index (χ4v) is 5.38. The van der Waals surface area contributed by atoms with Crippen molar-refractivity contribution in [3.63, 3.8) is 0 Å². The first-order valence-electron chi connectivity index (χ1n) is 8.29. The molecule has 2 aromatic heterocycles. The van der Waals surface area contributed by atoms with Crippen molar-refractivity contribution in [3.05, 3.63) is 28.3 Å². The van der Waals surface area contributed by atoms with E-state index in [9.17, 15) is 14.9 Å². The third-order valence-corrected chi connectivity index (χ3v) is 7.17. The molecule has 0 atom stereocenters. The third-order valence-electron chi connectivity index (χ3n) is 4.22. The van der Waals surface area contributed by atoms with Crippen molar-refractivity contribution in [3.8, 4) is 0 Å². The zero-order valence-electron chi connectivity index (χ0n) is 14.5. The van der Waals surface area contributed by atoms with E-state index in [1.165, 1.54) is 40.5 Å². The molecule has 2 N–H and O–H groups in total. The van der Waals surface area contributed by atoms with E-state index >= 15 is 0 Å². The molecule has 0 unspecified atom stereocenters. The first-order valence-corrected chi connectivity index (χ1v) is 10.9. The van der Waals surface area contributed by atoms with Gasteiger partial charge in [-0.25, -0.2) is 4.98 Å². The summed E-state index contributed by atoms with van der Waals surface area (Å²) in [6, 6.07) is 4.68. The highest BCUT2D eigenvalue weighted by Gasteiger charge is 2.23. The summed E-state index contributed by atoms with van der Waals surface area (Å²) in [7, 11) is 0. The van der Waals surface area contributed by atoms with E-state index in [4.69, 9.17) is 5.73 Å². The first kappa shape index (κ1) is 18.8. The fraction of sp³-hybridized carbons (Fsp3) is 0.333. The average Bonchev–Trinajstić information content (AvgIpc) is 3.31. The number of rotatable bonds is 5. The quantitative estimate of drug-likeness (QED) is 0.362. The number of benzene rings is 1. The highest BCUT2D eigenvalue weighted by molar-refractivity contribution is 8.01. The number of nitro groups is 1. The molecule has 1 fully saturated rings. The molecule has 1 saturated heterocycles. The molecule has 1 aliphatic rings. The molecular formula is C15H15N7O3S3. The summed E-state index contributed by atoms with van der Waals surface area (Å²) < 4.78 is 1.48. The van der Waals surface area contributed by atoms with Crippen molar-refractivity contribution in [1.29, 1.82) is 0 Å². The second kappa shape index (κ2) is 7.85. The van der Waals surface area contributed by atoms with Crippen LogP contribution in [0, 0.1) is 10.1 Å². The summed E-state index contributed by atoms with van der Waals surface area (Å²) in [5, 5.41) is 19.8. The van der Waals surface area contributed by atoms with Gasteiger partial charge in [0.2, 0.25) is 11.0 Å². The summed E-state index contributed by atoms with van der Waals surface area (Å²) in [6.45, 7) is 2.55. The largest absolute Gasteiger partial charge is 0.374 e. The average molecular weight is 438 g/mol. The Kier molecular flexibility index (Phi) is 5.28. The molecule has 3 aromatic rings. The number of nitrogens with two attached hydrogens (primary N) is 1. The van der Waals surface area contributed by atoms with Crippen molar-refractivity contribution < 1.29 is 9.72 Å². The van der Waals surface area contributed by atoms with E-state index in [0.717, 1.165) is 15.3 Å². The maximum absolute atomic E-state index is 12.4. The van der Waals surface area contributed by atoms with Gasteiger partial charge >= 0.3 is 0 Å². The molecule has 146 valence electrons. The van der Waals surface area contributed by atoms with Crippen LogP contribution in [-0.4, -0.2) is 62.8 Å². The summed E-state index contributed by atoms with van der Waals surface area (Å²) in [6.07, 6.45) is 0. The minimum atomic E-state index is -0.405. The van der Waals surface area contributed by atoms with Crippen molar-refractivity contribution in [1.82, 2.24) is 20.1 Å². The summed E-state index contributed by atoms with van der Waals surface area (Å²) in [4.78, 5) is 31.4. The van der Waals surface area contributed by atoms with Gasteiger partial charge in [0.25, 0.3) is 5.69 Å². The number of carbonyl (C=O) groups is 1. The number of nitro benzene ring substituents is 1. The van der Waals surface area contributed by atoms with Gasteiger partial charge in [-0.05, 0) is 6.07 Å². The van der Waals surface area contributed by atoms with Crippen LogP contribution in [0.2, 0.25) is 0 Å². The first-order chi connectivity index (χ1) is 13.5. The molecule has 0 aliphatic carbocycles. The second-order valence-corrected chi connectivity index (χ2v) is 9.21. The van der Waals surface area contributed by atoms with Crippen LogP contribution in [0.4, 0.5) is 16.0 Å². The summed E-state index contributed by atoms with van der Waals surface area (Å²) in [5.74, 6) is 0.359. The summed E-state index contributed by atoms with van der Waals surface area (Å²) >= 11 is 4.04. The Labute approximate surface area is 171 Å². The lowest BCUT2D eigenvalue weighted by Crippen LogP contribution is -2.49. The van der Waals surface area contributed by atoms with E-state index in [1.807, 2.05) is 4.90 Å². The van der Waals surface area contributed by atoms with Crippen LogP contribution in [0.25, 0.3) is 10.2 Å². The number of anilines is 2. The molecule has 0 radical (unpaired) electrons. The molecule has 1 aliphatic heterocycles. The predicted octanol–water partition coefficient (Wildman–Crippen LogP) is 2.08. The molecule has 0 saturated carbocycles. The highest BCUT2D eigenvalue weighted by Crippen LogP contribution is 2.32. The normalized spacial score (nSPS) is 14.6. The van der Waals surface area contributed by atoms with E-state index in [2.05, 4.69) is 20.1 Å². The molecule has 3 heterocycles. The van der Waals surface area contributed by atoms with Crippen LogP contribution in [0.15, 0.2) is 22.5 Å². The molecule has 1 amide bonds. The van der Waals surface area contributed by atoms with E-state index in [1.54, 1.807) is 12.1 Å². The number of aromatic nitrogens is 3. The Balaban J connectivity index is 1.35. The van der Waals surface area contributed by atoms with Crippen molar-refractivity contribution >= 4 is 66.5 Å². The lowest BCUT2D eigenvalue weighted by Gasteiger charge is -2.34. The van der Waals surface area contributed by atoms with Crippen LogP contribution in [0.1, 0.15) is 0 Å². The number of hydrogen-bond donors (Lipinski definition) is 1. The zero-order chi connectivity index (χ0) is 19.7. The monoisotopic (exact) mass is 437 g/mol. The highest BCUT2D eigenvalue weighted by atomic mass is 32.2. The Hall–Kier alpha value is -2.51. The third kappa shape index (κ3) is 4.00. The van der Waals surface area contributed by atoms with Crippen LogP contribution in [0.5, 0.6) is 0 Å².